The number of piperazine rings is 1. The molecule has 1 aromatic carbocycles. The van der Waals surface area contributed by atoms with Crippen molar-refractivity contribution >= 4 is 29.8 Å². The maximum atomic E-state index is 12.3. The van der Waals surface area contributed by atoms with Gasteiger partial charge in [0.05, 0.1) is 12.8 Å². The Balaban J connectivity index is 0.000000550. The number of hydrogen-bond donors (Lipinski definition) is 3. The number of aromatic amines is 1. The summed E-state index contributed by atoms with van der Waals surface area (Å²) in [6.07, 6.45) is 3.66. The van der Waals surface area contributed by atoms with E-state index in [2.05, 4.69) is 50.4 Å². The minimum Gasteiger partial charge on any atom is -0.493 e. The standard InChI is InChI=1S/C23H29N5O2.2CH2O2/c1-4-16-9-17-11-21-18(10-20(17)25-22(16)29)13-27-6-7-28(14-19(27)5-8-30-21)23-24-12-15(2)26(23)3;2*2-1-3/h9-12,19H,4-8,13-14H2,1-3H3,(H,25,29);2*1H,(H,2,3)/t19-;;/m1../s1. The molecular formula is C25H33N5O6. The molecule has 5 rings (SSSR count). The number of carbonyl (C=O) groups is 2. The number of fused-ring (bicyclic) bond motifs is 3. The van der Waals surface area contributed by atoms with Crippen LogP contribution in [0, 0.1) is 6.92 Å². The van der Waals surface area contributed by atoms with E-state index in [0.717, 1.165) is 72.7 Å². The van der Waals surface area contributed by atoms with Crippen molar-refractivity contribution in [2.45, 2.75) is 39.3 Å². The molecule has 0 bridgehead atoms. The second-order valence-corrected chi connectivity index (χ2v) is 8.70. The number of nitrogens with one attached hydrogen (secondary N) is 1. The first kappa shape index (κ1) is 26.7. The number of pyridine rings is 1. The molecule has 0 amide bonds. The highest BCUT2D eigenvalue weighted by molar-refractivity contribution is 5.82. The molecule has 3 N–H and O–H groups in total. The van der Waals surface area contributed by atoms with Crippen LogP contribution in [0.3, 0.4) is 0 Å². The van der Waals surface area contributed by atoms with Crippen LogP contribution in [0.5, 0.6) is 5.75 Å². The van der Waals surface area contributed by atoms with Gasteiger partial charge in [-0.3, -0.25) is 19.3 Å². The molecule has 2 aromatic heterocycles. The van der Waals surface area contributed by atoms with Crippen molar-refractivity contribution in [3.8, 4) is 5.75 Å². The molecule has 11 heteroatoms. The smallest absolute Gasteiger partial charge is 0.290 e. The van der Waals surface area contributed by atoms with Crippen LogP contribution in [0.25, 0.3) is 10.9 Å². The minimum atomic E-state index is -0.250. The normalized spacial score (nSPS) is 17.1. The van der Waals surface area contributed by atoms with Crippen molar-refractivity contribution < 1.29 is 24.5 Å². The number of carboxylic acid groups (broad SMARTS) is 2. The number of benzene rings is 1. The van der Waals surface area contributed by atoms with Gasteiger partial charge in [-0.25, -0.2) is 4.98 Å². The predicted molar refractivity (Wildman–Crippen MR) is 136 cm³/mol. The van der Waals surface area contributed by atoms with Gasteiger partial charge in [-0.05, 0) is 38.0 Å². The Bertz CT molecular complexity index is 1250. The lowest BCUT2D eigenvalue weighted by atomic mass is 10.0. The van der Waals surface area contributed by atoms with Gasteiger partial charge >= 0.3 is 0 Å². The molecular weight excluding hydrogens is 466 g/mol. The van der Waals surface area contributed by atoms with Gasteiger partial charge in [0.25, 0.3) is 18.5 Å². The fourth-order valence-electron chi connectivity index (χ4n) is 4.70. The minimum absolute atomic E-state index is 0.00793. The van der Waals surface area contributed by atoms with Crippen LogP contribution in [0.15, 0.2) is 29.2 Å². The average Bonchev–Trinajstić information content (AvgIpc) is 3.17. The van der Waals surface area contributed by atoms with Crippen molar-refractivity contribution in [3.05, 3.63) is 51.6 Å². The van der Waals surface area contributed by atoms with E-state index in [1.54, 1.807) is 0 Å². The SMILES string of the molecule is CCc1cc2cc3c(cc2[nH]c1=O)CN1CCN(c2ncc(C)n2C)C[C@H]1CCO3.O=CO.O=CO. The Morgan fingerprint density at radius 3 is 2.56 bits per heavy atom. The van der Waals surface area contributed by atoms with E-state index in [1.807, 2.05) is 19.2 Å². The molecule has 0 unspecified atom stereocenters. The predicted octanol–water partition coefficient (Wildman–Crippen LogP) is 2.01. The summed E-state index contributed by atoms with van der Waals surface area (Å²) >= 11 is 0. The van der Waals surface area contributed by atoms with E-state index < -0.39 is 0 Å². The maximum absolute atomic E-state index is 12.3. The van der Waals surface area contributed by atoms with Crippen LogP contribution in [0.4, 0.5) is 5.95 Å². The number of aromatic nitrogens is 3. The Morgan fingerprint density at radius 2 is 1.92 bits per heavy atom. The van der Waals surface area contributed by atoms with Gasteiger partial charge in [-0.1, -0.05) is 6.92 Å². The third-order valence-corrected chi connectivity index (χ3v) is 6.65. The molecule has 0 aliphatic carbocycles. The second kappa shape index (κ2) is 12.2. The zero-order valence-electron chi connectivity index (χ0n) is 20.8. The van der Waals surface area contributed by atoms with Crippen LogP contribution in [-0.2, 0) is 29.6 Å². The molecule has 11 nitrogen and oxygen atoms in total. The summed E-state index contributed by atoms with van der Waals surface area (Å²) in [4.78, 5) is 41.6. The average molecular weight is 500 g/mol. The fraction of sp³-hybridized carbons (Fsp3) is 0.440. The quantitative estimate of drug-likeness (QED) is 0.452. The van der Waals surface area contributed by atoms with E-state index in [-0.39, 0.29) is 18.5 Å². The molecule has 2 aliphatic rings. The van der Waals surface area contributed by atoms with Crippen molar-refractivity contribution in [1.82, 2.24) is 19.4 Å². The number of anilines is 1. The molecule has 2 aliphatic heterocycles. The van der Waals surface area contributed by atoms with Crippen molar-refractivity contribution in [3.63, 3.8) is 0 Å². The fourth-order valence-corrected chi connectivity index (χ4v) is 4.70. The number of imidazole rings is 1. The Labute approximate surface area is 208 Å². The molecule has 194 valence electrons. The highest BCUT2D eigenvalue weighted by Gasteiger charge is 2.31. The highest BCUT2D eigenvalue weighted by atomic mass is 16.5. The first-order chi connectivity index (χ1) is 17.4. The monoisotopic (exact) mass is 499 g/mol. The molecule has 0 spiro atoms. The third-order valence-electron chi connectivity index (χ3n) is 6.65. The largest absolute Gasteiger partial charge is 0.493 e. The summed E-state index contributed by atoms with van der Waals surface area (Å²) in [5.41, 5.74) is 4.03. The van der Waals surface area contributed by atoms with E-state index in [0.29, 0.717) is 12.6 Å². The lowest BCUT2D eigenvalue weighted by molar-refractivity contribution is -0.123. The maximum Gasteiger partial charge on any atom is 0.290 e. The summed E-state index contributed by atoms with van der Waals surface area (Å²) in [5.74, 6) is 1.99. The zero-order chi connectivity index (χ0) is 26.2. The van der Waals surface area contributed by atoms with Gasteiger partial charge in [0, 0.05) is 67.0 Å². The topological polar surface area (TPSA) is 141 Å². The summed E-state index contributed by atoms with van der Waals surface area (Å²) in [6, 6.07) is 6.60. The Morgan fingerprint density at radius 1 is 1.19 bits per heavy atom. The molecule has 4 heterocycles. The van der Waals surface area contributed by atoms with Crippen LogP contribution in [0.2, 0.25) is 0 Å². The number of ether oxygens (including phenoxy) is 1. The summed E-state index contributed by atoms with van der Waals surface area (Å²) in [7, 11) is 2.08. The highest BCUT2D eigenvalue weighted by Crippen LogP contribution is 2.31. The van der Waals surface area contributed by atoms with E-state index in [4.69, 9.17) is 24.5 Å². The number of hydrogen-bond acceptors (Lipinski definition) is 7. The lowest BCUT2D eigenvalue weighted by Crippen LogP contribution is -2.54. The second-order valence-electron chi connectivity index (χ2n) is 8.70. The number of rotatable bonds is 2. The molecule has 36 heavy (non-hydrogen) atoms. The van der Waals surface area contributed by atoms with Crippen LogP contribution >= 0.6 is 0 Å². The number of H-pyrrole nitrogens is 1. The van der Waals surface area contributed by atoms with Gasteiger partial charge in [-0.15, -0.1) is 0 Å². The van der Waals surface area contributed by atoms with Crippen molar-refractivity contribution in [2.24, 2.45) is 7.05 Å². The van der Waals surface area contributed by atoms with Crippen molar-refractivity contribution in [2.75, 3.05) is 31.1 Å². The zero-order valence-corrected chi connectivity index (χ0v) is 20.8. The molecule has 0 saturated carbocycles. The molecule has 0 radical (unpaired) electrons. The number of aryl methyl sites for hydroxylation is 2. The first-order valence-corrected chi connectivity index (χ1v) is 11.8. The Hall–Kier alpha value is -3.86. The van der Waals surface area contributed by atoms with E-state index in [1.165, 1.54) is 5.69 Å². The molecule has 3 aromatic rings. The van der Waals surface area contributed by atoms with E-state index in [9.17, 15) is 4.79 Å². The number of nitrogens with zero attached hydrogens (tertiary/aromatic N) is 4. The van der Waals surface area contributed by atoms with Gasteiger partial charge in [0.2, 0.25) is 5.95 Å². The molecule has 1 atom stereocenters. The van der Waals surface area contributed by atoms with Gasteiger partial charge in [0.1, 0.15) is 5.75 Å². The van der Waals surface area contributed by atoms with Crippen LogP contribution in [0.1, 0.15) is 30.2 Å². The Kier molecular flexibility index (Phi) is 9.07. The van der Waals surface area contributed by atoms with Crippen LogP contribution in [-0.4, -0.2) is 74.9 Å². The van der Waals surface area contributed by atoms with E-state index >= 15 is 0 Å². The third kappa shape index (κ3) is 5.85. The first-order valence-electron chi connectivity index (χ1n) is 11.8. The lowest BCUT2D eigenvalue weighted by Gasteiger charge is -2.43. The molecule has 1 saturated heterocycles. The summed E-state index contributed by atoms with van der Waals surface area (Å²) < 4.78 is 8.36. The summed E-state index contributed by atoms with van der Waals surface area (Å²) in [6.45, 7) is 8.02. The van der Waals surface area contributed by atoms with Crippen LogP contribution < -0.4 is 15.2 Å². The van der Waals surface area contributed by atoms with Gasteiger partial charge in [-0.2, -0.15) is 0 Å². The van der Waals surface area contributed by atoms with Crippen molar-refractivity contribution in [1.29, 1.82) is 0 Å². The molecule has 1 fully saturated rings. The summed E-state index contributed by atoms with van der Waals surface area (Å²) in [5, 5.41) is 14.8. The van der Waals surface area contributed by atoms with Gasteiger partial charge in [0.15, 0.2) is 0 Å². The van der Waals surface area contributed by atoms with Gasteiger partial charge < -0.3 is 29.4 Å².